The first-order valence-electron chi connectivity index (χ1n) is 7.45. The van der Waals surface area contributed by atoms with Crippen LogP contribution in [0, 0.1) is 6.92 Å². The number of benzene rings is 1. The van der Waals surface area contributed by atoms with E-state index in [9.17, 15) is 0 Å². The van der Waals surface area contributed by atoms with Gasteiger partial charge in [0.15, 0.2) is 0 Å². The number of para-hydroxylation sites is 1. The Bertz CT molecular complexity index is 636. The van der Waals surface area contributed by atoms with Gasteiger partial charge in [-0.3, -0.25) is 4.98 Å². The van der Waals surface area contributed by atoms with Crippen LogP contribution < -0.4 is 9.64 Å². The van der Waals surface area contributed by atoms with Crippen molar-refractivity contribution in [1.29, 1.82) is 0 Å². The predicted octanol–water partition coefficient (Wildman–Crippen LogP) is 3.17. The third-order valence-electron chi connectivity index (χ3n) is 4.12. The van der Waals surface area contributed by atoms with Crippen LogP contribution in [0.1, 0.15) is 18.4 Å². The van der Waals surface area contributed by atoms with E-state index in [-0.39, 0.29) is 0 Å². The van der Waals surface area contributed by atoms with Crippen LogP contribution >= 0.6 is 0 Å². The maximum Gasteiger partial charge on any atom is 0.145 e. The summed E-state index contributed by atoms with van der Waals surface area (Å²) in [6, 6.07) is 6.08. The number of pyridine rings is 1. The van der Waals surface area contributed by atoms with Gasteiger partial charge in [0.05, 0.1) is 18.9 Å². The van der Waals surface area contributed by atoms with Gasteiger partial charge in [-0.25, -0.2) is 0 Å². The van der Waals surface area contributed by atoms with Gasteiger partial charge in [-0.15, -0.1) is 0 Å². The quantitative estimate of drug-likeness (QED) is 0.864. The Morgan fingerprint density at radius 3 is 3.00 bits per heavy atom. The third-order valence-corrected chi connectivity index (χ3v) is 4.12. The van der Waals surface area contributed by atoms with Crippen LogP contribution in [0.5, 0.6) is 5.75 Å². The highest BCUT2D eigenvalue weighted by atomic mass is 16.5. The lowest BCUT2D eigenvalue weighted by atomic mass is 10.1. The molecule has 1 aliphatic heterocycles. The number of rotatable bonds is 4. The van der Waals surface area contributed by atoms with Gasteiger partial charge >= 0.3 is 0 Å². The van der Waals surface area contributed by atoms with Gasteiger partial charge < -0.3 is 14.4 Å². The summed E-state index contributed by atoms with van der Waals surface area (Å²) in [5.41, 5.74) is 3.31. The molecule has 4 heteroatoms. The van der Waals surface area contributed by atoms with Gasteiger partial charge in [0.1, 0.15) is 11.3 Å². The summed E-state index contributed by atoms with van der Waals surface area (Å²) in [6.45, 7) is 3.91. The number of likely N-dealkylation sites (N-methyl/N-ethyl adjacent to an activating group) is 1. The molecule has 4 nitrogen and oxygen atoms in total. The normalized spacial score (nSPS) is 18.1. The van der Waals surface area contributed by atoms with Crippen molar-refractivity contribution in [2.45, 2.75) is 25.9 Å². The highest BCUT2D eigenvalue weighted by Crippen LogP contribution is 2.33. The molecule has 1 atom stereocenters. The molecule has 0 aliphatic carbocycles. The zero-order chi connectivity index (χ0) is 14.8. The lowest BCUT2D eigenvalue weighted by Crippen LogP contribution is -2.29. The smallest absolute Gasteiger partial charge is 0.145 e. The Balaban J connectivity index is 2.01. The molecule has 21 heavy (non-hydrogen) atoms. The lowest BCUT2D eigenvalue weighted by molar-refractivity contribution is 0.116. The number of hydrogen-bond donors (Lipinski definition) is 0. The minimum atomic E-state index is 0.336. The molecule has 0 amide bonds. The number of methoxy groups -OCH3 is 1. The van der Waals surface area contributed by atoms with Crippen LogP contribution in [0.2, 0.25) is 0 Å². The summed E-state index contributed by atoms with van der Waals surface area (Å²) in [6.07, 6.45) is 4.58. The fourth-order valence-electron chi connectivity index (χ4n) is 3.14. The van der Waals surface area contributed by atoms with Crippen molar-refractivity contribution >= 4 is 16.6 Å². The molecule has 2 heterocycles. The minimum Gasteiger partial charge on any atom is -0.494 e. The molecule has 1 fully saturated rings. The average molecular weight is 286 g/mol. The number of anilines is 1. The van der Waals surface area contributed by atoms with Crippen LogP contribution in [-0.2, 0) is 4.74 Å². The van der Waals surface area contributed by atoms with E-state index in [1.54, 1.807) is 7.11 Å². The SMILES string of the molecule is COc1cccc2c(N(C)CC3CCCO3)c(C)cnc12. The number of ether oxygens (including phenoxy) is 2. The third kappa shape index (κ3) is 2.68. The molecule has 1 aliphatic rings. The first-order valence-corrected chi connectivity index (χ1v) is 7.45. The summed E-state index contributed by atoms with van der Waals surface area (Å²) in [5, 5.41) is 1.13. The fourth-order valence-corrected chi connectivity index (χ4v) is 3.14. The van der Waals surface area contributed by atoms with E-state index < -0.39 is 0 Å². The maximum atomic E-state index is 5.76. The maximum absolute atomic E-state index is 5.76. The Kier molecular flexibility index (Phi) is 3.97. The van der Waals surface area contributed by atoms with Crippen molar-refractivity contribution in [2.75, 3.05) is 32.2 Å². The molecule has 3 rings (SSSR count). The average Bonchev–Trinajstić information content (AvgIpc) is 2.98. The molecule has 1 unspecified atom stereocenters. The summed E-state index contributed by atoms with van der Waals surface area (Å²) >= 11 is 0. The van der Waals surface area contributed by atoms with E-state index in [1.165, 1.54) is 17.7 Å². The van der Waals surface area contributed by atoms with Crippen molar-refractivity contribution < 1.29 is 9.47 Å². The molecule has 1 aromatic heterocycles. The molecule has 1 saturated heterocycles. The van der Waals surface area contributed by atoms with Gasteiger partial charge in [-0.2, -0.15) is 0 Å². The van der Waals surface area contributed by atoms with Crippen molar-refractivity contribution in [3.8, 4) is 5.75 Å². The molecular formula is C17H22N2O2. The van der Waals surface area contributed by atoms with Crippen molar-refractivity contribution in [3.05, 3.63) is 30.0 Å². The number of hydrogen-bond acceptors (Lipinski definition) is 4. The molecule has 0 spiro atoms. The highest BCUT2D eigenvalue weighted by molar-refractivity contribution is 5.96. The molecule has 0 radical (unpaired) electrons. The predicted molar refractivity (Wildman–Crippen MR) is 85.3 cm³/mol. The van der Waals surface area contributed by atoms with Crippen LogP contribution in [0.25, 0.3) is 10.9 Å². The van der Waals surface area contributed by atoms with Gasteiger partial charge in [-0.05, 0) is 31.4 Å². The standard InChI is InChI=1S/C17H22N2O2/c1-12-10-18-16-14(7-4-8-15(16)20-3)17(12)19(2)11-13-6-5-9-21-13/h4,7-8,10,13H,5-6,9,11H2,1-3H3. The molecule has 0 N–H and O–H groups in total. The fraction of sp³-hybridized carbons (Fsp3) is 0.471. The van der Waals surface area contributed by atoms with Crippen molar-refractivity contribution in [3.63, 3.8) is 0 Å². The van der Waals surface area contributed by atoms with E-state index in [0.29, 0.717) is 6.10 Å². The van der Waals surface area contributed by atoms with E-state index in [2.05, 4.69) is 29.9 Å². The number of aromatic nitrogens is 1. The Hall–Kier alpha value is -1.81. The topological polar surface area (TPSA) is 34.6 Å². The van der Waals surface area contributed by atoms with Crippen LogP contribution in [-0.4, -0.2) is 38.4 Å². The van der Waals surface area contributed by atoms with E-state index >= 15 is 0 Å². The van der Waals surface area contributed by atoms with Crippen molar-refractivity contribution in [1.82, 2.24) is 4.98 Å². The number of aryl methyl sites for hydroxylation is 1. The zero-order valence-corrected chi connectivity index (χ0v) is 12.9. The van der Waals surface area contributed by atoms with E-state index in [0.717, 1.165) is 36.2 Å². The zero-order valence-electron chi connectivity index (χ0n) is 12.9. The largest absolute Gasteiger partial charge is 0.494 e. The second kappa shape index (κ2) is 5.90. The molecular weight excluding hydrogens is 264 g/mol. The lowest BCUT2D eigenvalue weighted by Gasteiger charge is -2.26. The summed E-state index contributed by atoms with van der Waals surface area (Å²) in [5.74, 6) is 0.819. The second-order valence-electron chi connectivity index (χ2n) is 5.66. The molecule has 0 bridgehead atoms. The molecule has 112 valence electrons. The van der Waals surface area contributed by atoms with Gasteiger partial charge in [-0.1, -0.05) is 12.1 Å². The summed E-state index contributed by atoms with van der Waals surface area (Å²) in [7, 11) is 3.81. The van der Waals surface area contributed by atoms with Gasteiger partial charge in [0.2, 0.25) is 0 Å². The van der Waals surface area contributed by atoms with Gasteiger partial charge in [0.25, 0.3) is 0 Å². The summed E-state index contributed by atoms with van der Waals surface area (Å²) in [4.78, 5) is 6.83. The first kappa shape index (κ1) is 14.1. The van der Waals surface area contributed by atoms with Crippen LogP contribution in [0.4, 0.5) is 5.69 Å². The van der Waals surface area contributed by atoms with Crippen molar-refractivity contribution in [2.24, 2.45) is 0 Å². The Morgan fingerprint density at radius 1 is 1.43 bits per heavy atom. The van der Waals surface area contributed by atoms with E-state index in [4.69, 9.17) is 9.47 Å². The molecule has 0 saturated carbocycles. The highest BCUT2D eigenvalue weighted by Gasteiger charge is 2.20. The van der Waals surface area contributed by atoms with E-state index in [1.807, 2.05) is 18.3 Å². The Labute approximate surface area is 125 Å². The van der Waals surface area contributed by atoms with Crippen LogP contribution in [0.15, 0.2) is 24.4 Å². The molecule has 1 aromatic carbocycles. The van der Waals surface area contributed by atoms with Crippen LogP contribution in [0.3, 0.4) is 0 Å². The number of nitrogens with zero attached hydrogens (tertiary/aromatic N) is 2. The monoisotopic (exact) mass is 286 g/mol. The second-order valence-corrected chi connectivity index (χ2v) is 5.66. The first-order chi connectivity index (χ1) is 10.2. The minimum absolute atomic E-state index is 0.336. The Morgan fingerprint density at radius 2 is 2.29 bits per heavy atom. The molecule has 2 aromatic rings. The van der Waals surface area contributed by atoms with Gasteiger partial charge in [0, 0.05) is 31.8 Å². The number of fused-ring (bicyclic) bond motifs is 1. The summed E-state index contributed by atoms with van der Waals surface area (Å²) < 4.78 is 11.2.